The monoisotopic (exact) mass is 375 g/mol. The molecular formula is C12H9ClF3N7S. The molecule has 0 unspecified atom stereocenters. The highest BCUT2D eigenvalue weighted by Crippen LogP contribution is 2.33. The lowest BCUT2D eigenvalue weighted by molar-refractivity contribution is -0.137. The van der Waals surface area contributed by atoms with Crippen LogP contribution in [0.1, 0.15) is 5.56 Å². The van der Waals surface area contributed by atoms with Crippen molar-refractivity contribution in [3.63, 3.8) is 0 Å². The van der Waals surface area contributed by atoms with Gasteiger partial charge in [-0.1, -0.05) is 11.6 Å². The van der Waals surface area contributed by atoms with Crippen LogP contribution in [0.3, 0.4) is 0 Å². The van der Waals surface area contributed by atoms with Crippen LogP contribution in [0.15, 0.2) is 29.4 Å². The molecule has 3 heterocycles. The molecule has 0 aliphatic carbocycles. The molecule has 12 heteroatoms. The molecule has 1 N–H and O–H groups in total. The maximum absolute atomic E-state index is 12.5. The smallest absolute Gasteiger partial charge is 0.368 e. The van der Waals surface area contributed by atoms with Crippen LogP contribution in [0, 0.1) is 0 Å². The fraction of sp³-hybridized carbons (Fsp3) is 0.250. The van der Waals surface area contributed by atoms with Crippen molar-refractivity contribution in [2.75, 3.05) is 17.6 Å². The number of hydrogen-bond acceptors (Lipinski definition) is 7. The van der Waals surface area contributed by atoms with Gasteiger partial charge in [-0.25, -0.2) is 4.98 Å². The molecule has 0 spiro atoms. The van der Waals surface area contributed by atoms with Gasteiger partial charge in [0, 0.05) is 18.5 Å². The van der Waals surface area contributed by atoms with E-state index in [0.29, 0.717) is 28.8 Å². The van der Waals surface area contributed by atoms with E-state index >= 15 is 0 Å². The zero-order chi connectivity index (χ0) is 17.2. The number of anilines is 1. The summed E-state index contributed by atoms with van der Waals surface area (Å²) < 4.78 is 38.9. The van der Waals surface area contributed by atoms with Crippen molar-refractivity contribution >= 4 is 34.8 Å². The molecule has 3 aromatic heterocycles. The number of pyridine rings is 1. The summed E-state index contributed by atoms with van der Waals surface area (Å²) in [4.78, 5) is 3.76. The number of aromatic nitrogens is 6. The minimum Gasteiger partial charge on any atom is -0.368 e. The van der Waals surface area contributed by atoms with E-state index in [4.69, 9.17) is 11.6 Å². The van der Waals surface area contributed by atoms with E-state index in [2.05, 4.69) is 30.9 Å². The number of alkyl halides is 3. The van der Waals surface area contributed by atoms with Gasteiger partial charge >= 0.3 is 6.18 Å². The second-order valence-corrected chi connectivity index (χ2v) is 6.02. The van der Waals surface area contributed by atoms with Crippen molar-refractivity contribution in [2.45, 2.75) is 11.2 Å². The summed E-state index contributed by atoms with van der Waals surface area (Å²) in [5, 5.41) is 18.4. The van der Waals surface area contributed by atoms with E-state index < -0.39 is 11.7 Å². The predicted molar refractivity (Wildman–Crippen MR) is 82.0 cm³/mol. The summed E-state index contributed by atoms with van der Waals surface area (Å²) >= 11 is 7.09. The highest BCUT2D eigenvalue weighted by Gasteiger charge is 2.31. The van der Waals surface area contributed by atoms with Gasteiger partial charge < -0.3 is 5.32 Å². The zero-order valence-electron chi connectivity index (χ0n) is 11.8. The number of fused-ring (bicyclic) bond motifs is 1. The quantitative estimate of drug-likeness (QED) is 0.542. The van der Waals surface area contributed by atoms with Gasteiger partial charge in [0.15, 0.2) is 5.65 Å². The molecule has 0 fully saturated rings. The summed E-state index contributed by atoms with van der Waals surface area (Å²) in [5.41, 5.74) is -0.343. The lowest BCUT2D eigenvalue weighted by Crippen LogP contribution is -2.08. The molecule has 0 bridgehead atoms. The fourth-order valence-electron chi connectivity index (χ4n) is 1.76. The van der Waals surface area contributed by atoms with E-state index in [0.717, 1.165) is 12.3 Å². The molecule has 24 heavy (non-hydrogen) atoms. The molecular weight excluding hydrogens is 367 g/mol. The average Bonchev–Trinajstić information content (AvgIpc) is 2.99. The second kappa shape index (κ2) is 6.77. The highest BCUT2D eigenvalue weighted by molar-refractivity contribution is 7.99. The molecule has 126 valence electrons. The number of nitrogens with zero attached hydrogens (tertiary/aromatic N) is 6. The van der Waals surface area contributed by atoms with Gasteiger partial charge in [-0.15, -0.1) is 26.6 Å². The van der Waals surface area contributed by atoms with Gasteiger partial charge in [0.2, 0.25) is 0 Å². The maximum Gasteiger partial charge on any atom is 0.417 e. The first kappa shape index (κ1) is 16.7. The molecule has 0 aromatic carbocycles. The van der Waals surface area contributed by atoms with Gasteiger partial charge in [-0.3, -0.25) is 0 Å². The van der Waals surface area contributed by atoms with Crippen molar-refractivity contribution in [3.8, 4) is 0 Å². The molecule has 0 radical (unpaired) electrons. The number of thioether (sulfide) groups is 1. The minimum absolute atomic E-state index is 0.0249. The van der Waals surface area contributed by atoms with Crippen molar-refractivity contribution in [1.82, 2.24) is 30.2 Å². The Bertz CT molecular complexity index is 854. The molecule has 0 saturated heterocycles. The molecule has 7 nitrogen and oxygen atoms in total. The number of tetrazole rings is 1. The number of halogens is 4. The minimum atomic E-state index is -4.46. The summed E-state index contributed by atoms with van der Waals surface area (Å²) in [6.07, 6.45) is -3.68. The third kappa shape index (κ3) is 3.85. The summed E-state index contributed by atoms with van der Waals surface area (Å²) in [6.45, 7) is 0.504. The third-order valence-electron chi connectivity index (χ3n) is 2.85. The summed E-state index contributed by atoms with van der Waals surface area (Å²) in [5.74, 6) is 1.11. The van der Waals surface area contributed by atoms with Crippen molar-refractivity contribution in [1.29, 1.82) is 0 Å². The van der Waals surface area contributed by atoms with Crippen LogP contribution in [-0.2, 0) is 6.18 Å². The van der Waals surface area contributed by atoms with E-state index in [9.17, 15) is 13.2 Å². The van der Waals surface area contributed by atoms with E-state index in [-0.39, 0.29) is 5.02 Å². The molecule has 0 aliphatic heterocycles. The fourth-order valence-corrected chi connectivity index (χ4v) is 2.81. The Morgan fingerprint density at radius 3 is 2.88 bits per heavy atom. The maximum atomic E-state index is 12.5. The Morgan fingerprint density at radius 2 is 2.12 bits per heavy atom. The van der Waals surface area contributed by atoms with E-state index in [1.54, 1.807) is 12.1 Å². The molecule has 0 aliphatic rings. The summed E-state index contributed by atoms with van der Waals surface area (Å²) in [6, 6.07) is 4.30. The Morgan fingerprint density at radius 1 is 1.29 bits per heavy atom. The van der Waals surface area contributed by atoms with Gasteiger partial charge in [0.1, 0.15) is 10.8 Å². The first-order valence-electron chi connectivity index (χ1n) is 6.58. The molecule has 0 amide bonds. The SMILES string of the molecule is FC(F)(F)c1cnc(SCCNc2ccc3nnnn3n2)c(Cl)c1. The first-order valence-corrected chi connectivity index (χ1v) is 7.95. The molecule has 3 aromatic rings. The van der Waals surface area contributed by atoms with Crippen LogP contribution in [0.5, 0.6) is 0 Å². The van der Waals surface area contributed by atoms with Crippen LogP contribution in [0.2, 0.25) is 5.02 Å². The van der Waals surface area contributed by atoms with E-state index in [1.165, 1.54) is 16.4 Å². The summed E-state index contributed by atoms with van der Waals surface area (Å²) in [7, 11) is 0. The Hall–Kier alpha value is -2.14. The first-order chi connectivity index (χ1) is 11.4. The van der Waals surface area contributed by atoms with Gasteiger partial charge in [0.05, 0.1) is 10.6 Å². The lowest BCUT2D eigenvalue weighted by Gasteiger charge is -2.09. The van der Waals surface area contributed by atoms with Crippen LogP contribution in [0.4, 0.5) is 19.0 Å². The Labute approximate surface area is 142 Å². The van der Waals surface area contributed by atoms with Gasteiger partial charge in [-0.05, 0) is 28.6 Å². The van der Waals surface area contributed by atoms with Gasteiger partial charge in [0.25, 0.3) is 0 Å². The lowest BCUT2D eigenvalue weighted by atomic mass is 10.3. The van der Waals surface area contributed by atoms with Crippen LogP contribution >= 0.6 is 23.4 Å². The Balaban J connectivity index is 1.54. The Kier molecular flexibility index (Phi) is 4.71. The zero-order valence-corrected chi connectivity index (χ0v) is 13.4. The van der Waals surface area contributed by atoms with Crippen LogP contribution in [-0.4, -0.2) is 42.5 Å². The van der Waals surface area contributed by atoms with Crippen molar-refractivity contribution < 1.29 is 13.2 Å². The standard InChI is InChI=1S/C12H9ClF3N7S/c13-8-5-7(12(14,15)16)6-18-11(8)24-4-3-17-9-1-2-10-19-21-22-23(10)20-9/h1-2,5-6H,3-4H2,(H,17,20). The number of nitrogens with one attached hydrogen (secondary N) is 1. The molecule has 0 saturated carbocycles. The number of rotatable bonds is 5. The highest BCUT2D eigenvalue weighted by atomic mass is 35.5. The van der Waals surface area contributed by atoms with Crippen LogP contribution < -0.4 is 5.32 Å². The molecule has 3 rings (SSSR count). The largest absolute Gasteiger partial charge is 0.417 e. The van der Waals surface area contributed by atoms with Crippen molar-refractivity contribution in [2.24, 2.45) is 0 Å². The van der Waals surface area contributed by atoms with Gasteiger partial charge in [-0.2, -0.15) is 13.2 Å². The predicted octanol–water partition coefficient (Wildman–Crippen LogP) is 2.79. The second-order valence-electron chi connectivity index (χ2n) is 4.53. The third-order valence-corrected chi connectivity index (χ3v) is 4.26. The topological polar surface area (TPSA) is 80.9 Å². The van der Waals surface area contributed by atoms with Crippen LogP contribution in [0.25, 0.3) is 5.65 Å². The molecule has 0 atom stereocenters. The van der Waals surface area contributed by atoms with Crippen molar-refractivity contribution in [3.05, 3.63) is 35.0 Å². The normalized spacial score (nSPS) is 11.8. The van der Waals surface area contributed by atoms with E-state index in [1.807, 2.05) is 0 Å². The number of hydrogen-bond donors (Lipinski definition) is 1. The average molecular weight is 376 g/mol.